The van der Waals surface area contributed by atoms with Gasteiger partial charge in [-0.3, -0.25) is 9.59 Å². The van der Waals surface area contributed by atoms with Crippen LogP contribution in [0, 0.1) is 17.8 Å². The van der Waals surface area contributed by atoms with Crippen LogP contribution in [-0.2, 0) is 9.53 Å². The summed E-state index contributed by atoms with van der Waals surface area (Å²) in [5, 5.41) is 3.79. The van der Waals surface area contributed by atoms with Gasteiger partial charge in [-0.15, -0.1) is 0 Å². The van der Waals surface area contributed by atoms with Crippen molar-refractivity contribution in [3.05, 3.63) is 36.2 Å². The first-order valence-corrected chi connectivity index (χ1v) is 8.91. The summed E-state index contributed by atoms with van der Waals surface area (Å²) in [6.45, 7) is 1.47. The first-order valence-electron chi connectivity index (χ1n) is 8.91. The van der Waals surface area contributed by atoms with Gasteiger partial charge in [0.15, 0.2) is 0 Å². The van der Waals surface area contributed by atoms with Crippen molar-refractivity contribution in [2.75, 3.05) is 20.2 Å². The number of carbonyl (C=O) groups is 2. The van der Waals surface area contributed by atoms with Crippen molar-refractivity contribution < 1.29 is 18.8 Å². The number of rotatable bonds is 4. The molecule has 1 aliphatic heterocycles. The molecule has 0 unspecified atom stereocenters. The van der Waals surface area contributed by atoms with Gasteiger partial charge in [0.25, 0.3) is 5.91 Å². The zero-order chi connectivity index (χ0) is 18.1. The minimum Gasteiger partial charge on any atom is -0.469 e. The standard InChI is InChI=1S/C19H21N3O4/c1-25-19(24)16-10-15(16)12-6-8-22(9-7-12)18(23)14-4-2-13(3-5-14)17-20-11-26-21-17/h2-5,11-12,15-16H,6-10H2,1H3/t15-,16+/m0/s1. The van der Waals surface area contributed by atoms with Crippen molar-refractivity contribution >= 4 is 11.9 Å². The molecule has 2 atom stereocenters. The maximum Gasteiger partial charge on any atom is 0.308 e. The van der Waals surface area contributed by atoms with Crippen molar-refractivity contribution in [1.29, 1.82) is 0 Å². The Bertz CT molecular complexity index is 780. The van der Waals surface area contributed by atoms with Crippen LogP contribution in [0.2, 0.25) is 0 Å². The SMILES string of the molecule is COC(=O)[C@@H]1C[C@H]1C1CCN(C(=O)c2ccc(-c3ncon3)cc2)CC1. The van der Waals surface area contributed by atoms with Crippen molar-refractivity contribution in [2.24, 2.45) is 17.8 Å². The van der Waals surface area contributed by atoms with Gasteiger partial charge in [0.1, 0.15) is 0 Å². The second-order valence-corrected chi connectivity index (χ2v) is 6.99. The van der Waals surface area contributed by atoms with Crippen LogP contribution < -0.4 is 0 Å². The van der Waals surface area contributed by atoms with E-state index in [9.17, 15) is 9.59 Å². The molecule has 136 valence electrons. The lowest BCUT2D eigenvalue weighted by Crippen LogP contribution is -2.39. The number of amides is 1. The number of esters is 1. The quantitative estimate of drug-likeness (QED) is 0.783. The van der Waals surface area contributed by atoms with E-state index >= 15 is 0 Å². The summed E-state index contributed by atoms with van der Waals surface area (Å²) in [6.07, 6.45) is 4.11. The Morgan fingerprint density at radius 2 is 1.92 bits per heavy atom. The van der Waals surface area contributed by atoms with Gasteiger partial charge in [-0.2, -0.15) is 4.98 Å². The van der Waals surface area contributed by atoms with Crippen LogP contribution in [0.25, 0.3) is 11.4 Å². The zero-order valence-corrected chi connectivity index (χ0v) is 14.6. The number of ether oxygens (including phenoxy) is 1. The Morgan fingerprint density at radius 1 is 1.19 bits per heavy atom. The maximum absolute atomic E-state index is 12.7. The molecule has 2 aliphatic rings. The van der Waals surface area contributed by atoms with E-state index in [0.717, 1.165) is 37.9 Å². The van der Waals surface area contributed by atoms with Gasteiger partial charge in [0.2, 0.25) is 12.2 Å². The van der Waals surface area contributed by atoms with Gasteiger partial charge in [0, 0.05) is 24.2 Å². The molecule has 2 fully saturated rings. The summed E-state index contributed by atoms with van der Waals surface area (Å²) >= 11 is 0. The summed E-state index contributed by atoms with van der Waals surface area (Å²) in [5.41, 5.74) is 1.48. The predicted molar refractivity (Wildman–Crippen MR) is 92.0 cm³/mol. The fourth-order valence-electron chi connectivity index (χ4n) is 3.93. The first-order chi connectivity index (χ1) is 12.7. The molecule has 1 amide bonds. The maximum atomic E-state index is 12.7. The largest absolute Gasteiger partial charge is 0.469 e. The van der Waals surface area contributed by atoms with Crippen molar-refractivity contribution in [3.8, 4) is 11.4 Å². The highest BCUT2D eigenvalue weighted by atomic mass is 16.5. The van der Waals surface area contributed by atoms with E-state index in [0.29, 0.717) is 23.2 Å². The highest BCUT2D eigenvalue weighted by Gasteiger charge is 2.48. The molecule has 2 heterocycles. The number of piperidine rings is 1. The van der Waals surface area contributed by atoms with Crippen molar-refractivity contribution in [1.82, 2.24) is 15.0 Å². The molecule has 1 aromatic heterocycles. The molecule has 0 radical (unpaired) electrons. The highest BCUT2D eigenvalue weighted by molar-refractivity contribution is 5.94. The fourth-order valence-corrected chi connectivity index (χ4v) is 3.93. The molecule has 1 saturated carbocycles. The van der Waals surface area contributed by atoms with E-state index in [1.807, 2.05) is 17.0 Å². The summed E-state index contributed by atoms with van der Waals surface area (Å²) in [7, 11) is 1.45. The molecule has 7 heteroatoms. The number of benzene rings is 1. The normalized spacial score (nSPS) is 22.9. The Hall–Kier alpha value is -2.70. The second-order valence-electron chi connectivity index (χ2n) is 6.99. The van der Waals surface area contributed by atoms with E-state index < -0.39 is 0 Å². The Morgan fingerprint density at radius 3 is 2.54 bits per heavy atom. The lowest BCUT2D eigenvalue weighted by atomic mass is 9.90. The second kappa shape index (κ2) is 6.90. The van der Waals surface area contributed by atoms with E-state index in [2.05, 4.69) is 10.1 Å². The van der Waals surface area contributed by atoms with E-state index in [4.69, 9.17) is 9.26 Å². The molecule has 7 nitrogen and oxygen atoms in total. The van der Waals surface area contributed by atoms with Crippen LogP contribution in [-0.4, -0.2) is 47.1 Å². The average molecular weight is 355 g/mol. The monoisotopic (exact) mass is 355 g/mol. The summed E-state index contributed by atoms with van der Waals surface area (Å²) in [4.78, 5) is 30.2. The summed E-state index contributed by atoms with van der Waals surface area (Å²) in [5.74, 6) is 1.50. The number of likely N-dealkylation sites (tertiary alicyclic amines) is 1. The van der Waals surface area contributed by atoms with Gasteiger partial charge >= 0.3 is 5.97 Å². The van der Waals surface area contributed by atoms with Crippen molar-refractivity contribution in [2.45, 2.75) is 19.3 Å². The molecule has 26 heavy (non-hydrogen) atoms. The van der Waals surface area contributed by atoms with Crippen LogP contribution in [0.5, 0.6) is 0 Å². The topological polar surface area (TPSA) is 85.5 Å². The van der Waals surface area contributed by atoms with E-state index in [1.165, 1.54) is 13.5 Å². The third-order valence-electron chi connectivity index (χ3n) is 5.53. The molecule has 1 saturated heterocycles. The van der Waals surface area contributed by atoms with Crippen LogP contribution in [0.1, 0.15) is 29.6 Å². The number of methoxy groups -OCH3 is 1. The minimum absolute atomic E-state index is 0.0448. The molecule has 0 spiro atoms. The number of carbonyl (C=O) groups excluding carboxylic acids is 2. The molecule has 4 rings (SSSR count). The zero-order valence-electron chi connectivity index (χ0n) is 14.6. The molecule has 2 aromatic rings. The van der Waals surface area contributed by atoms with Gasteiger partial charge in [-0.05, 0) is 43.2 Å². The third kappa shape index (κ3) is 3.21. The molecule has 0 bridgehead atoms. The predicted octanol–water partition coefficient (Wildman–Crippen LogP) is 2.40. The van der Waals surface area contributed by atoms with Gasteiger partial charge in [-0.25, -0.2) is 0 Å². The Balaban J connectivity index is 1.33. The highest BCUT2D eigenvalue weighted by Crippen LogP contribution is 2.48. The number of hydrogen-bond donors (Lipinski definition) is 0. The number of hydrogen-bond acceptors (Lipinski definition) is 6. The Labute approximate surface area is 151 Å². The van der Waals surface area contributed by atoms with Crippen LogP contribution in [0.15, 0.2) is 35.2 Å². The molecule has 1 aromatic carbocycles. The van der Waals surface area contributed by atoms with E-state index in [-0.39, 0.29) is 17.8 Å². The molecular formula is C19H21N3O4. The van der Waals surface area contributed by atoms with Crippen LogP contribution in [0.4, 0.5) is 0 Å². The van der Waals surface area contributed by atoms with Crippen LogP contribution in [0.3, 0.4) is 0 Å². The smallest absolute Gasteiger partial charge is 0.308 e. The molecular weight excluding hydrogens is 334 g/mol. The summed E-state index contributed by atoms with van der Waals surface area (Å²) < 4.78 is 9.57. The summed E-state index contributed by atoms with van der Waals surface area (Å²) in [6, 6.07) is 7.26. The van der Waals surface area contributed by atoms with Gasteiger partial charge in [0.05, 0.1) is 13.0 Å². The number of aromatic nitrogens is 2. The lowest BCUT2D eigenvalue weighted by Gasteiger charge is -2.32. The average Bonchev–Trinajstić information content (AvgIpc) is 3.31. The minimum atomic E-state index is -0.0878. The molecule has 0 N–H and O–H groups in total. The Kier molecular flexibility index (Phi) is 4.44. The lowest BCUT2D eigenvalue weighted by molar-refractivity contribution is -0.142. The van der Waals surface area contributed by atoms with Gasteiger partial charge < -0.3 is 14.2 Å². The van der Waals surface area contributed by atoms with Crippen molar-refractivity contribution in [3.63, 3.8) is 0 Å². The van der Waals surface area contributed by atoms with Gasteiger partial charge in [-0.1, -0.05) is 17.3 Å². The van der Waals surface area contributed by atoms with E-state index in [1.54, 1.807) is 12.1 Å². The van der Waals surface area contributed by atoms with Crippen LogP contribution >= 0.6 is 0 Å². The molecule has 1 aliphatic carbocycles. The number of nitrogens with zero attached hydrogens (tertiary/aromatic N) is 3. The fraction of sp³-hybridized carbons (Fsp3) is 0.474. The first kappa shape index (κ1) is 16.8. The third-order valence-corrected chi connectivity index (χ3v) is 5.53.